The van der Waals surface area contributed by atoms with Gasteiger partial charge in [-0.15, -0.1) is 0 Å². The van der Waals surface area contributed by atoms with Crippen LogP contribution >= 0.6 is 0 Å². The number of hydrogen-bond acceptors (Lipinski definition) is 3. The van der Waals surface area contributed by atoms with E-state index in [4.69, 9.17) is 5.73 Å². The van der Waals surface area contributed by atoms with Crippen molar-refractivity contribution >= 4 is 11.4 Å². The molecule has 0 unspecified atom stereocenters. The molecular formula is C17H23N3. The Hall–Kier alpha value is -2.16. The van der Waals surface area contributed by atoms with Crippen molar-refractivity contribution in [1.82, 2.24) is 5.32 Å². The largest absolute Gasteiger partial charge is 0.402 e. The zero-order valence-corrected chi connectivity index (χ0v) is 12.3. The molecule has 1 aromatic rings. The highest BCUT2D eigenvalue weighted by Gasteiger charge is 2.21. The Bertz CT molecular complexity index is 561. The average molecular weight is 269 g/mol. The lowest BCUT2D eigenvalue weighted by Crippen LogP contribution is -2.13. The van der Waals surface area contributed by atoms with Crippen LogP contribution in [-0.2, 0) is 0 Å². The molecule has 1 saturated carbocycles. The van der Waals surface area contributed by atoms with Gasteiger partial charge in [0.05, 0.1) is 0 Å². The standard InChI is InChI=1S/C17H23N3/c1-11(12(2)18)13(3)19-17-7-5-6-15(10-17)14(4)20-16-8-9-16/h5-7,10,16,19-20H,3-4,8-9,18H2,1-2H3/b12-11-. The van der Waals surface area contributed by atoms with Crippen molar-refractivity contribution in [2.24, 2.45) is 5.73 Å². The van der Waals surface area contributed by atoms with Crippen LogP contribution in [-0.4, -0.2) is 6.04 Å². The molecule has 0 bridgehead atoms. The van der Waals surface area contributed by atoms with Crippen LogP contribution in [0.5, 0.6) is 0 Å². The van der Waals surface area contributed by atoms with E-state index in [1.165, 1.54) is 12.8 Å². The van der Waals surface area contributed by atoms with E-state index in [2.05, 4.69) is 35.9 Å². The smallest absolute Gasteiger partial charge is 0.0390 e. The molecule has 0 atom stereocenters. The number of benzene rings is 1. The van der Waals surface area contributed by atoms with Crippen molar-refractivity contribution in [3.8, 4) is 0 Å². The van der Waals surface area contributed by atoms with Gasteiger partial charge in [0.15, 0.2) is 0 Å². The summed E-state index contributed by atoms with van der Waals surface area (Å²) in [6.07, 6.45) is 2.49. The van der Waals surface area contributed by atoms with Gasteiger partial charge in [-0.05, 0) is 50.0 Å². The fourth-order valence-corrected chi connectivity index (χ4v) is 1.85. The van der Waals surface area contributed by atoms with E-state index >= 15 is 0 Å². The van der Waals surface area contributed by atoms with E-state index in [-0.39, 0.29) is 0 Å². The van der Waals surface area contributed by atoms with Gasteiger partial charge in [0.2, 0.25) is 0 Å². The summed E-state index contributed by atoms with van der Waals surface area (Å²) in [5.74, 6) is 0. The average Bonchev–Trinajstić information content (AvgIpc) is 3.21. The van der Waals surface area contributed by atoms with Crippen LogP contribution < -0.4 is 16.4 Å². The van der Waals surface area contributed by atoms with E-state index < -0.39 is 0 Å². The second kappa shape index (κ2) is 5.87. The van der Waals surface area contributed by atoms with E-state index in [9.17, 15) is 0 Å². The second-order valence-electron chi connectivity index (χ2n) is 5.39. The summed E-state index contributed by atoms with van der Waals surface area (Å²) < 4.78 is 0. The third-order valence-corrected chi connectivity index (χ3v) is 3.51. The van der Waals surface area contributed by atoms with E-state index in [0.717, 1.165) is 33.9 Å². The van der Waals surface area contributed by atoms with Crippen LogP contribution in [0.1, 0.15) is 32.3 Å². The Morgan fingerprint density at radius 1 is 1.25 bits per heavy atom. The highest BCUT2D eigenvalue weighted by molar-refractivity contribution is 5.67. The first kappa shape index (κ1) is 14.3. The Morgan fingerprint density at radius 2 is 1.95 bits per heavy atom. The maximum atomic E-state index is 5.79. The Balaban J connectivity index is 2.07. The van der Waals surface area contributed by atoms with Crippen molar-refractivity contribution in [2.75, 3.05) is 5.32 Å². The molecule has 0 saturated heterocycles. The lowest BCUT2D eigenvalue weighted by Gasteiger charge is -2.14. The Morgan fingerprint density at radius 3 is 2.55 bits per heavy atom. The molecule has 20 heavy (non-hydrogen) atoms. The van der Waals surface area contributed by atoms with Gasteiger partial charge in [-0.3, -0.25) is 0 Å². The molecule has 1 fully saturated rings. The summed E-state index contributed by atoms with van der Waals surface area (Å²) in [7, 11) is 0. The lowest BCUT2D eigenvalue weighted by atomic mass is 10.1. The number of rotatable bonds is 6. The normalized spacial score (nSPS) is 15.3. The SMILES string of the molecule is C=C(Nc1cccc(C(=C)NC2CC2)c1)/C(C)=C(/C)N. The topological polar surface area (TPSA) is 50.1 Å². The van der Waals surface area contributed by atoms with Gasteiger partial charge in [-0.1, -0.05) is 25.3 Å². The minimum absolute atomic E-state index is 0.610. The van der Waals surface area contributed by atoms with Gasteiger partial charge in [0.1, 0.15) is 0 Å². The second-order valence-corrected chi connectivity index (χ2v) is 5.39. The minimum atomic E-state index is 0.610. The number of anilines is 1. The highest BCUT2D eigenvalue weighted by atomic mass is 15.0. The number of nitrogens with one attached hydrogen (secondary N) is 2. The fourth-order valence-electron chi connectivity index (χ4n) is 1.85. The molecule has 4 N–H and O–H groups in total. The first-order valence-electron chi connectivity index (χ1n) is 6.92. The van der Waals surface area contributed by atoms with E-state index in [0.29, 0.717) is 6.04 Å². The van der Waals surface area contributed by atoms with Gasteiger partial charge in [-0.25, -0.2) is 0 Å². The van der Waals surface area contributed by atoms with Crippen LogP contribution in [0.3, 0.4) is 0 Å². The Labute approximate surface area is 121 Å². The first-order chi connectivity index (χ1) is 9.47. The van der Waals surface area contributed by atoms with Crippen molar-refractivity contribution in [3.63, 3.8) is 0 Å². The lowest BCUT2D eigenvalue weighted by molar-refractivity contribution is 0.885. The van der Waals surface area contributed by atoms with Crippen LogP contribution in [0.15, 0.2) is 54.4 Å². The van der Waals surface area contributed by atoms with Gasteiger partial charge < -0.3 is 16.4 Å². The molecule has 0 amide bonds. The first-order valence-corrected chi connectivity index (χ1v) is 6.92. The molecule has 3 nitrogen and oxygen atoms in total. The molecule has 0 radical (unpaired) electrons. The zero-order valence-electron chi connectivity index (χ0n) is 12.3. The van der Waals surface area contributed by atoms with Crippen LogP contribution in [0.2, 0.25) is 0 Å². The monoisotopic (exact) mass is 269 g/mol. The minimum Gasteiger partial charge on any atom is -0.402 e. The molecule has 1 aliphatic rings. The predicted octanol–water partition coefficient (Wildman–Crippen LogP) is 3.59. The third-order valence-electron chi connectivity index (χ3n) is 3.51. The predicted molar refractivity (Wildman–Crippen MR) is 87.0 cm³/mol. The van der Waals surface area contributed by atoms with Crippen LogP contribution in [0, 0.1) is 0 Å². The highest BCUT2D eigenvalue weighted by Crippen LogP contribution is 2.24. The number of nitrogens with two attached hydrogens (primary N) is 1. The van der Waals surface area contributed by atoms with Gasteiger partial charge in [0.25, 0.3) is 0 Å². The van der Waals surface area contributed by atoms with Gasteiger partial charge >= 0.3 is 0 Å². The molecule has 2 rings (SSSR count). The molecular weight excluding hydrogens is 246 g/mol. The summed E-state index contributed by atoms with van der Waals surface area (Å²) in [4.78, 5) is 0. The third kappa shape index (κ3) is 3.67. The molecule has 0 aromatic heterocycles. The van der Waals surface area contributed by atoms with Crippen molar-refractivity contribution in [3.05, 3.63) is 60.0 Å². The molecule has 0 heterocycles. The molecule has 0 aliphatic heterocycles. The van der Waals surface area contributed by atoms with Crippen LogP contribution in [0.25, 0.3) is 5.70 Å². The quantitative estimate of drug-likeness (QED) is 0.692. The van der Waals surface area contributed by atoms with Gasteiger partial charge in [0, 0.05) is 28.8 Å². The van der Waals surface area contributed by atoms with Crippen molar-refractivity contribution < 1.29 is 0 Å². The molecule has 106 valence electrons. The molecule has 0 spiro atoms. The van der Waals surface area contributed by atoms with E-state index in [1.54, 1.807) is 0 Å². The van der Waals surface area contributed by atoms with Crippen LogP contribution in [0.4, 0.5) is 5.69 Å². The van der Waals surface area contributed by atoms with E-state index in [1.807, 2.05) is 26.0 Å². The zero-order chi connectivity index (χ0) is 14.7. The van der Waals surface area contributed by atoms with Crippen molar-refractivity contribution in [2.45, 2.75) is 32.7 Å². The maximum Gasteiger partial charge on any atom is 0.0390 e. The molecule has 3 heteroatoms. The summed E-state index contributed by atoms with van der Waals surface area (Å²) in [5.41, 5.74) is 11.4. The summed E-state index contributed by atoms with van der Waals surface area (Å²) >= 11 is 0. The number of allylic oxidation sites excluding steroid dienone is 2. The summed E-state index contributed by atoms with van der Waals surface area (Å²) in [5, 5.41) is 6.70. The van der Waals surface area contributed by atoms with Crippen molar-refractivity contribution in [1.29, 1.82) is 0 Å². The fraction of sp³-hybridized carbons (Fsp3) is 0.294. The molecule has 1 aliphatic carbocycles. The number of hydrogen-bond donors (Lipinski definition) is 3. The maximum absolute atomic E-state index is 5.79. The Kier molecular flexibility index (Phi) is 4.18. The summed E-state index contributed by atoms with van der Waals surface area (Å²) in [6.45, 7) is 12.0. The van der Waals surface area contributed by atoms with Gasteiger partial charge in [-0.2, -0.15) is 0 Å². The molecule has 1 aromatic carbocycles. The summed E-state index contributed by atoms with van der Waals surface area (Å²) in [6, 6.07) is 8.76.